The first-order chi connectivity index (χ1) is 15.7. The fraction of sp³-hybridized carbons (Fsp3) is 0.217. The predicted octanol–water partition coefficient (Wildman–Crippen LogP) is 4.39. The number of carbonyl (C=O) groups is 1. The van der Waals surface area contributed by atoms with Gasteiger partial charge < -0.3 is 4.90 Å². The number of nitrogens with zero attached hydrogens (tertiary/aromatic N) is 5. The minimum Gasteiger partial charge on any atom is -0.332 e. The minimum atomic E-state index is -4.66. The number of aryl methyl sites for hydroxylation is 1. The van der Waals surface area contributed by atoms with Crippen molar-refractivity contribution in [3.8, 4) is 11.3 Å². The Bertz CT molecular complexity index is 1400. The van der Waals surface area contributed by atoms with Crippen LogP contribution in [0.4, 0.5) is 17.6 Å². The fourth-order valence-corrected chi connectivity index (χ4v) is 4.22. The molecular weight excluding hydrogens is 438 g/mol. The zero-order valence-electron chi connectivity index (χ0n) is 17.4. The van der Waals surface area contributed by atoms with Crippen molar-refractivity contribution in [1.29, 1.82) is 0 Å². The lowest BCUT2D eigenvalue weighted by Crippen LogP contribution is -2.36. The first kappa shape index (κ1) is 21.0. The lowest BCUT2D eigenvalue weighted by Gasteiger charge is -2.27. The van der Waals surface area contributed by atoms with Gasteiger partial charge in [0.1, 0.15) is 5.82 Å². The molecule has 5 rings (SSSR count). The summed E-state index contributed by atoms with van der Waals surface area (Å²) in [6.07, 6.45) is -1.15. The number of hydrogen-bond donors (Lipinski definition) is 0. The summed E-state index contributed by atoms with van der Waals surface area (Å²) in [5.74, 6) is -1.17. The Morgan fingerprint density at radius 2 is 1.79 bits per heavy atom. The largest absolute Gasteiger partial charge is 0.416 e. The molecule has 1 aliphatic rings. The molecule has 2 aromatic carbocycles. The van der Waals surface area contributed by atoms with Crippen LogP contribution in [0, 0.1) is 5.82 Å². The van der Waals surface area contributed by atoms with Crippen molar-refractivity contribution in [1.82, 2.24) is 24.6 Å². The molecule has 3 heterocycles. The van der Waals surface area contributed by atoms with Gasteiger partial charge in [-0.3, -0.25) is 19.4 Å². The van der Waals surface area contributed by atoms with Crippen LogP contribution in [0.15, 0.2) is 48.8 Å². The number of alkyl halides is 3. The van der Waals surface area contributed by atoms with E-state index in [1.165, 1.54) is 4.68 Å². The van der Waals surface area contributed by atoms with E-state index >= 15 is 0 Å². The number of fused-ring (bicyclic) bond motifs is 2. The number of amides is 1. The maximum Gasteiger partial charge on any atom is 0.416 e. The van der Waals surface area contributed by atoms with E-state index < -0.39 is 17.6 Å². The van der Waals surface area contributed by atoms with Crippen molar-refractivity contribution in [3.05, 3.63) is 77.0 Å². The Balaban J connectivity index is 1.46. The van der Waals surface area contributed by atoms with Gasteiger partial charge in [-0.2, -0.15) is 18.3 Å². The van der Waals surface area contributed by atoms with Crippen LogP contribution in [0.25, 0.3) is 22.3 Å². The molecule has 2 aromatic heterocycles. The number of benzene rings is 2. The lowest BCUT2D eigenvalue weighted by atomic mass is 9.98. The summed E-state index contributed by atoms with van der Waals surface area (Å²) in [5.41, 5.74) is 2.50. The highest BCUT2D eigenvalue weighted by Crippen LogP contribution is 2.36. The van der Waals surface area contributed by atoms with E-state index in [-0.39, 0.29) is 18.0 Å². The van der Waals surface area contributed by atoms with Gasteiger partial charge in [0.25, 0.3) is 5.91 Å². The van der Waals surface area contributed by atoms with Gasteiger partial charge in [-0.05, 0) is 42.8 Å². The summed E-state index contributed by atoms with van der Waals surface area (Å²) in [4.78, 5) is 23.1. The molecule has 0 spiro atoms. The fourth-order valence-electron chi connectivity index (χ4n) is 4.22. The molecule has 0 radical (unpaired) electrons. The maximum atomic E-state index is 14.0. The summed E-state index contributed by atoms with van der Waals surface area (Å²) < 4.78 is 55.0. The highest BCUT2D eigenvalue weighted by atomic mass is 19.4. The zero-order valence-corrected chi connectivity index (χ0v) is 17.4. The second-order valence-electron chi connectivity index (χ2n) is 7.86. The molecular formula is C23H17F4N5O. The average Bonchev–Trinajstić information content (AvgIpc) is 3.12. The molecule has 33 heavy (non-hydrogen) atoms. The molecule has 0 unspecified atom stereocenters. The van der Waals surface area contributed by atoms with Crippen LogP contribution in [-0.4, -0.2) is 37.1 Å². The number of hydrogen-bond acceptors (Lipinski definition) is 4. The van der Waals surface area contributed by atoms with Gasteiger partial charge in [0.05, 0.1) is 34.5 Å². The van der Waals surface area contributed by atoms with Crippen molar-refractivity contribution in [2.75, 3.05) is 6.54 Å². The molecule has 10 heteroatoms. The topological polar surface area (TPSA) is 63.9 Å². The van der Waals surface area contributed by atoms with Gasteiger partial charge >= 0.3 is 6.18 Å². The van der Waals surface area contributed by atoms with Crippen LogP contribution in [0.3, 0.4) is 0 Å². The van der Waals surface area contributed by atoms with E-state index in [2.05, 4.69) is 15.1 Å². The normalized spacial score (nSPS) is 13.9. The van der Waals surface area contributed by atoms with Crippen LogP contribution in [-0.2, 0) is 26.2 Å². The van der Waals surface area contributed by atoms with Crippen LogP contribution in [0.5, 0.6) is 0 Å². The van der Waals surface area contributed by atoms with E-state index in [1.807, 2.05) is 0 Å². The summed E-state index contributed by atoms with van der Waals surface area (Å²) in [6.45, 7) is 0.548. The molecule has 6 nitrogen and oxygen atoms in total. The third-order valence-electron chi connectivity index (χ3n) is 5.70. The molecule has 0 saturated carbocycles. The second kappa shape index (κ2) is 7.65. The molecule has 4 aromatic rings. The first-order valence-corrected chi connectivity index (χ1v) is 10.1. The quantitative estimate of drug-likeness (QED) is 0.421. The standard InChI is InChI=1S/C23H17F4N5O/c1-31-21(14-8-15(23(25,26)27)11-16(24)9-14)17-4-7-32(12-20(17)30-31)22(33)13-2-3-18-19(10-13)29-6-5-28-18/h2-3,5-6,8-11H,4,7,12H2,1H3. The van der Waals surface area contributed by atoms with Crippen molar-refractivity contribution in [2.24, 2.45) is 7.05 Å². The van der Waals surface area contributed by atoms with Gasteiger partial charge in [0.15, 0.2) is 0 Å². The molecule has 1 aliphatic heterocycles. The monoisotopic (exact) mass is 455 g/mol. The molecule has 0 aliphatic carbocycles. The maximum absolute atomic E-state index is 14.0. The van der Waals surface area contributed by atoms with Crippen LogP contribution in [0.1, 0.15) is 27.2 Å². The Morgan fingerprint density at radius 3 is 2.55 bits per heavy atom. The zero-order chi connectivity index (χ0) is 23.3. The summed E-state index contributed by atoms with van der Waals surface area (Å²) in [6, 6.07) is 7.56. The van der Waals surface area contributed by atoms with E-state index in [0.717, 1.165) is 12.1 Å². The van der Waals surface area contributed by atoms with Gasteiger partial charge in [0.2, 0.25) is 0 Å². The minimum absolute atomic E-state index is 0.103. The Labute approximate surface area is 185 Å². The van der Waals surface area contributed by atoms with E-state index in [1.54, 1.807) is 42.5 Å². The SMILES string of the molecule is Cn1nc2c(c1-c1cc(F)cc(C(F)(F)F)c1)CCN(C(=O)c1ccc3nccnc3c1)C2. The number of rotatable bonds is 2. The lowest BCUT2D eigenvalue weighted by molar-refractivity contribution is -0.137. The van der Waals surface area contributed by atoms with Crippen molar-refractivity contribution < 1.29 is 22.4 Å². The second-order valence-corrected chi connectivity index (χ2v) is 7.86. The summed E-state index contributed by atoms with van der Waals surface area (Å²) >= 11 is 0. The average molecular weight is 455 g/mol. The summed E-state index contributed by atoms with van der Waals surface area (Å²) in [7, 11) is 1.60. The molecule has 0 bridgehead atoms. The third-order valence-corrected chi connectivity index (χ3v) is 5.70. The Hall–Kier alpha value is -3.82. The number of aromatic nitrogens is 4. The summed E-state index contributed by atoms with van der Waals surface area (Å²) in [5, 5.41) is 4.42. The van der Waals surface area contributed by atoms with Crippen LogP contribution in [0.2, 0.25) is 0 Å². The van der Waals surface area contributed by atoms with E-state index in [9.17, 15) is 22.4 Å². The van der Waals surface area contributed by atoms with Crippen LogP contribution < -0.4 is 0 Å². The molecule has 168 valence electrons. The molecule has 0 N–H and O–H groups in total. The van der Waals surface area contributed by atoms with Crippen LogP contribution >= 0.6 is 0 Å². The van der Waals surface area contributed by atoms with E-state index in [4.69, 9.17) is 0 Å². The first-order valence-electron chi connectivity index (χ1n) is 10.1. The van der Waals surface area contributed by atoms with Gasteiger partial charge in [-0.1, -0.05) is 0 Å². The number of carbonyl (C=O) groups excluding carboxylic acids is 1. The molecule has 0 saturated heterocycles. The number of halogens is 4. The Morgan fingerprint density at radius 1 is 1.03 bits per heavy atom. The molecule has 1 amide bonds. The van der Waals surface area contributed by atoms with Gasteiger partial charge in [-0.15, -0.1) is 0 Å². The van der Waals surface area contributed by atoms with Crippen molar-refractivity contribution in [2.45, 2.75) is 19.1 Å². The van der Waals surface area contributed by atoms with Crippen molar-refractivity contribution in [3.63, 3.8) is 0 Å². The van der Waals surface area contributed by atoms with E-state index in [0.29, 0.717) is 52.6 Å². The van der Waals surface area contributed by atoms with Gasteiger partial charge in [-0.25, -0.2) is 4.39 Å². The Kier molecular flexibility index (Phi) is 4.88. The molecule has 0 fully saturated rings. The third kappa shape index (κ3) is 3.81. The molecule has 0 atom stereocenters. The highest BCUT2D eigenvalue weighted by Gasteiger charge is 2.33. The smallest absolute Gasteiger partial charge is 0.332 e. The highest BCUT2D eigenvalue weighted by molar-refractivity contribution is 5.97. The van der Waals surface area contributed by atoms with Gasteiger partial charge in [0, 0.05) is 42.7 Å². The van der Waals surface area contributed by atoms with Crippen molar-refractivity contribution >= 4 is 16.9 Å². The predicted molar refractivity (Wildman–Crippen MR) is 112 cm³/mol.